The largest absolute Gasteiger partial charge is 0.417 e. The van der Waals surface area contributed by atoms with Gasteiger partial charge in [-0.25, -0.2) is 0 Å². The Labute approximate surface area is 133 Å². The summed E-state index contributed by atoms with van der Waals surface area (Å²) in [5, 5.41) is 6.08. The van der Waals surface area contributed by atoms with Gasteiger partial charge >= 0.3 is 6.18 Å². The average molecular weight is 329 g/mol. The van der Waals surface area contributed by atoms with Crippen molar-refractivity contribution in [3.63, 3.8) is 0 Å². The minimum Gasteiger partial charge on any atom is -0.349 e. The van der Waals surface area contributed by atoms with E-state index in [4.69, 9.17) is 0 Å². The van der Waals surface area contributed by atoms with Gasteiger partial charge in [-0.05, 0) is 25.0 Å². The number of hydrogen-bond acceptors (Lipinski definition) is 3. The van der Waals surface area contributed by atoms with Gasteiger partial charge < -0.3 is 10.6 Å². The van der Waals surface area contributed by atoms with E-state index in [0.29, 0.717) is 25.3 Å². The molecular weight excluding hydrogens is 307 g/mol. The monoisotopic (exact) mass is 329 g/mol. The normalized spacial score (nSPS) is 16.8. The van der Waals surface area contributed by atoms with Crippen LogP contribution >= 0.6 is 0 Å². The molecule has 0 saturated heterocycles. The SMILES string of the molecule is O=C(NCCNC1CCCCCC1)c1ccc(C(F)(F)F)cn1. The fourth-order valence-electron chi connectivity index (χ4n) is 2.72. The molecule has 4 nitrogen and oxygen atoms in total. The van der Waals surface area contributed by atoms with Gasteiger partial charge in [0.1, 0.15) is 5.69 Å². The van der Waals surface area contributed by atoms with Crippen LogP contribution in [0.1, 0.15) is 54.6 Å². The van der Waals surface area contributed by atoms with Crippen LogP contribution in [-0.2, 0) is 6.18 Å². The Balaban J connectivity index is 1.72. The summed E-state index contributed by atoms with van der Waals surface area (Å²) in [5.74, 6) is -0.457. The molecule has 1 heterocycles. The standard InChI is InChI=1S/C16H22F3N3O/c17-16(18,19)12-7-8-14(22-11-12)15(23)21-10-9-20-13-5-3-1-2-4-6-13/h7-8,11,13,20H,1-6,9-10H2,(H,21,23). The fourth-order valence-corrected chi connectivity index (χ4v) is 2.72. The molecule has 0 spiro atoms. The Kier molecular flexibility index (Phi) is 6.38. The quantitative estimate of drug-likeness (QED) is 0.644. The van der Waals surface area contributed by atoms with E-state index in [2.05, 4.69) is 15.6 Å². The topological polar surface area (TPSA) is 54.0 Å². The second-order valence-electron chi connectivity index (χ2n) is 5.83. The number of rotatable bonds is 5. The molecule has 2 N–H and O–H groups in total. The molecule has 1 aliphatic rings. The summed E-state index contributed by atoms with van der Waals surface area (Å²) in [7, 11) is 0. The van der Waals surface area contributed by atoms with Crippen LogP contribution in [0.15, 0.2) is 18.3 Å². The summed E-state index contributed by atoms with van der Waals surface area (Å²) in [6.07, 6.45) is 3.61. The highest BCUT2D eigenvalue weighted by atomic mass is 19.4. The molecule has 2 rings (SSSR count). The maximum absolute atomic E-state index is 12.4. The second-order valence-corrected chi connectivity index (χ2v) is 5.83. The maximum atomic E-state index is 12.4. The van der Waals surface area contributed by atoms with Gasteiger partial charge in [-0.2, -0.15) is 13.2 Å². The Bertz CT molecular complexity index is 494. The molecule has 0 bridgehead atoms. The van der Waals surface area contributed by atoms with Gasteiger partial charge in [0, 0.05) is 25.3 Å². The molecule has 1 fully saturated rings. The number of halogens is 3. The Morgan fingerprint density at radius 1 is 1.13 bits per heavy atom. The van der Waals surface area contributed by atoms with Crippen molar-refractivity contribution in [1.29, 1.82) is 0 Å². The first-order valence-electron chi connectivity index (χ1n) is 8.01. The molecule has 7 heteroatoms. The van der Waals surface area contributed by atoms with Crippen LogP contribution in [0, 0.1) is 0 Å². The van der Waals surface area contributed by atoms with E-state index >= 15 is 0 Å². The van der Waals surface area contributed by atoms with Crippen LogP contribution in [0.25, 0.3) is 0 Å². The van der Waals surface area contributed by atoms with Crippen molar-refractivity contribution in [2.45, 2.75) is 50.7 Å². The molecule has 1 aliphatic carbocycles. The van der Waals surface area contributed by atoms with Crippen LogP contribution in [-0.4, -0.2) is 30.0 Å². The van der Waals surface area contributed by atoms with Gasteiger partial charge in [-0.3, -0.25) is 9.78 Å². The summed E-state index contributed by atoms with van der Waals surface area (Å²) >= 11 is 0. The smallest absolute Gasteiger partial charge is 0.349 e. The van der Waals surface area contributed by atoms with E-state index < -0.39 is 17.6 Å². The maximum Gasteiger partial charge on any atom is 0.417 e. The first-order valence-corrected chi connectivity index (χ1v) is 8.01. The number of nitrogens with one attached hydrogen (secondary N) is 2. The zero-order valence-corrected chi connectivity index (χ0v) is 13.0. The first-order chi connectivity index (χ1) is 11.0. The minimum absolute atomic E-state index is 0.00698. The second kappa shape index (κ2) is 8.29. The molecule has 1 amide bonds. The number of hydrogen-bond donors (Lipinski definition) is 2. The van der Waals surface area contributed by atoms with Crippen molar-refractivity contribution in [1.82, 2.24) is 15.6 Å². The summed E-state index contributed by atoms with van der Waals surface area (Å²) in [6, 6.07) is 2.46. The lowest BCUT2D eigenvalue weighted by molar-refractivity contribution is -0.137. The van der Waals surface area contributed by atoms with Gasteiger partial charge in [-0.1, -0.05) is 25.7 Å². The zero-order chi connectivity index (χ0) is 16.7. The van der Waals surface area contributed by atoms with Crippen molar-refractivity contribution < 1.29 is 18.0 Å². The molecule has 0 radical (unpaired) electrons. The van der Waals surface area contributed by atoms with Crippen LogP contribution in [0.5, 0.6) is 0 Å². The number of pyridine rings is 1. The third-order valence-corrected chi connectivity index (χ3v) is 4.02. The number of carbonyl (C=O) groups excluding carboxylic acids is 1. The number of nitrogens with zero attached hydrogens (tertiary/aromatic N) is 1. The van der Waals surface area contributed by atoms with Crippen LogP contribution in [0.2, 0.25) is 0 Å². The molecule has 1 aromatic heterocycles. The highest BCUT2D eigenvalue weighted by molar-refractivity contribution is 5.92. The molecule has 0 atom stereocenters. The number of aromatic nitrogens is 1. The molecule has 1 saturated carbocycles. The van der Waals surface area contributed by atoms with Crippen molar-refractivity contribution in [3.8, 4) is 0 Å². The van der Waals surface area contributed by atoms with Crippen LogP contribution in [0.4, 0.5) is 13.2 Å². The Morgan fingerprint density at radius 3 is 2.39 bits per heavy atom. The minimum atomic E-state index is -4.44. The molecular formula is C16H22F3N3O. The number of carbonyl (C=O) groups is 1. The van der Waals surface area contributed by atoms with Crippen molar-refractivity contribution in [3.05, 3.63) is 29.6 Å². The first kappa shape index (κ1) is 17.7. The fraction of sp³-hybridized carbons (Fsp3) is 0.625. The zero-order valence-electron chi connectivity index (χ0n) is 13.0. The van der Waals surface area contributed by atoms with Crippen LogP contribution in [0.3, 0.4) is 0 Å². The third kappa shape index (κ3) is 5.82. The summed E-state index contributed by atoms with van der Waals surface area (Å²) < 4.78 is 37.3. The molecule has 1 aromatic rings. The third-order valence-electron chi connectivity index (χ3n) is 4.02. The lowest BCUT2D eigenvalue weighted by Crippen LogP contribution is -2.37. The van der Waals surface area contributed by atoms with Gasteiger partial charge in [0.15, 0.2) is 0 Å². The summed E-state index contributed by atoms with van der Waals surface area (Å²) in [6.45, 7) is 1.08. The number of alkyl halides is 3. The molecule has 0 aliphatic heterocycles. The predicted molar refractivity (Wildman–Crippen MR) is 81.1 cm³/mol. The lowest BCUT2D eigenvalue weighted by Gasteiger charge is -2.16. The predicted octanol–water partition coefficient (Wildman–Crippen LogP) is 3.14. The van der Waals surface area contributed by atoms with Gasteiger partial charge in [0.2, 0.25) is 0 Å². The van der Waals surface area contributed by atoms with Gasteiger partial charge in [0.25, 0.3) is 5.91 Å². The van der Waals surface area contributed by atoms with Crippen molar-refractivity contribution in [2.75, 3.05) is 13.1 Å². The van der Waals surface area contributed by atoms with Crippen molar-refractivity contribution >= 4 is 5.91 Å². The molecule has 23 heavy (non-hydrogen) atoms. The van der Waals surface area contributed by atoms with E-state index in [-0.39, 0.29) is 5.69 Å². The highest BCUT2D eigenvalue weighted by Crippen LogP contribution is 2.28. The lowest BCUT2D eigenvalue weighted by atomic mass is 10.1. The highest BCUT2D eigenvalue weighted by Gasteiger charge is 2.30. The number of amides is 1. The molecule has 0 aromatic carbocycles. The summed E-state index contributed by atoms with van der Waals surface area (Å²) in [4.78, 5) is 15.4. The van der Waals surface area contributed by atoms with Gasteiger partial charge in [0.05, 0.1) is 5.56 Å². The van der Waals surface area contributed by atoms with E-state index in [1.165, 1.54) is 25.7 Å². The summed E-state index contributed by atoms with van der Waals surface area (Å²) in [5.41, 5.74) is -0.864. The van der Waals surface area contributed by atoms with Crippen LogP contribution < -0.4 is 10.6 Å². The average Bonchev–Trinajstić information content (AvgIpc) is 2.79. The van der Waals surface area contributed by atoms with E-state index in [9.17, 15) is 18.0 Å². The van der Waals surface area contributed by atoms with E-state index in [0.717, 1.165) is 25.0 Å². The van der Waals surface area contributed by atoms with Crippen molar-refractivity contribution in [2.24, 2.45) is 0 Å². The molecule has 0 unspecified atom stereocenters. The molecule has 128 valence electrons. The Hall–Kier alpha value is -1.63. The van der Waals surface area contributed by atoms with E-state index in [1.54, 1.807) is 0 Å². The Morgan fingerprint density at radius 2 is 1.83 bits per heavy atom. The van der Waals surface area contributed by atoms with E-state index in [1.807, 2.05) is 0 Å². The van der Waals surface area contributed by atoms with Gasteiger partial charge in [-0.15, -0.1) is 0 Å².